The summed E-state index contributed by atoms with van der Waals surface area (Å²) in [4.78, 5) is 22.6. The van der Waals surface area contributed by atoms with Crippen molar-refractivity contribution in [2.45, 2.75) is 19.4 Å². The van der Waals surface area contributed by atoms with E-state index >= 15 is 0 Å². The smallest absolute Gasteiger partial charge is 0.335 e. The molecule has 0 aliphatic heterocycles. The minimum absolute atomic E-state index is 0.0388. The van der Waals surface area contributed by atoms with Gasteiger partial charge < -0.3 is 15.2 Å². The average Bonchev–Trinajstić information content (AvgIpc) is 2.59. The molecule has 0 bridgehead atoms. The maximum atomic E-state index is 11.9. The molecule has 0 heterocycles. The molecule has 0 saturated heterocycles. The van der Waals surface area contributed by atoms with Crippen molar-refractivity contribution in [3.05, 3.63) is 65.2 Å². The fourth-order valence-electron chi connectivity index (χ4n) is 2.10. The maximum Gasteiger partial charge on any atom is 0.335 e. The molecular weight excluding hydrogens is 294 g/mol. The molecule has 0 aliphatic rings. The van der Waals surface area contributed by atoms with E-state index in [1.165, 1.54) is 12.1 Å². The Morgan fingerprint density at radius 1 is 1.00 bits per heavy atom. The van der Waals surface area contributed by atoms with Gasteiger partial charge in [0.1, 0.15) is 5.75 Å². The van der Waals surface area contributed by atoms with Crippen molar-refractivity contribution in [2.24, 2.45) is 0 Å². The van der Waals surface area contributed by atoms with E-state index in [2.05, 4.69) is 5.32 Å². The number of aryl methyl sites for hydroxylation is 1. The summed E-state index contributed by atoms with van der Waals surface area (Å²) >= 11 is 0. The summed E-state index contributed by atoms with van der Waals surface area (Å²) in [5, 5.41) is 11.7. The van der Waals surface area contributed by atoms with Crippen LogP contribution in [0.4, 0.5) is 0 Å². The molecule has 0 radical (unpaired) electrons. The highest BCUT2D eigenvalue weighted by Crippen LogP contribution is 2.12. The summed E-state index contributed by atoms with van der Waals surface area (Å²) < 4.78 is 5.09. The molecule has 2 aromatic rings. The molecule has 0 spiro atoms. The largest absolute Gasteiger partial charge is 0.497 e. The normalized spacial score (nSPS) is 10.1. The fraction of sp³-hybridized carbons (Fsp3) is 0.222. The minimum atomic E-state index is -0.958. The number of carbonyl (C=O) groups excluding carboxylic acids is 1. The predicted octanol–water partition coefficient (Wildman–Crippen LogP) is 2.64. The summed E-state index contributed by atoms with van der Waals surface area (Å²) in [5.41, 5.74) is 2.18. The second-order valence-corrected chi connectivity index (χ2v) is 5.13. The lowest BCUT2D eigenvalue weighted by Crippen LogP contribution is -2.23. The van der Waals surface area contributed by atoms with E-state index in [1.807, 2.05) is 24.3 Å². The van der Waals surface area contributed by atoms with Crippen molar-refractivity contribution in [1.29, 1.82) is 0 Å². The van der Waals surface area contributed by atoms with Gasteiger partial charge in [-0.3, -0.25) is 4.79 Å². The molecule has 0 aromatic heterocycles. The molecule has 5 heteroatoms. The molecule has 23 heavy (non-hydrogen) atoms. The van der Waals surface area contributed by atoms with Gasteiger partial charge in [-0.05, 0) is 41.8 Å². The Morgan fingerprint density at radius 3 is 2.17 bits per heavy atom. The zero-order valence-electron chi connectivity index (χ0n) is 12.9. The van der Waals surface area contributed by atoms with Crippen LogP contribution in [0.3, 0.4) is 0 Å². The molecule has 1 amide bonds. The number of hydrogen-bond donors (Lipinski definition) is 2. The summed E-state index contributed by atoms with van der Waals surface area (Å²) in [6.07, 6.45) is 1.06. The Morgan fingerprint density at radius 2 is 1.61 bits per heavy atom. The van der Waals surface area contributed by atoms with Crippen molar-refractivity contribution in [1.82, 2.24) is 5.32 Å². The van der Waals surface area contributed by atoms with Crippen molar-refractivity contribution in [3.8, 4) is 5.75 Å². The van der Waals surface area contributed by atoms with Crippen LogP contribution in [-0.2, 0) is 17.8 Å². The van der Waals surface area contributed by atoms with Gasteiger partial charge in [0.25, 0.3) is 0 Å². The maximum absolute atomic E-state index is 11.9. The summed E-state index contributed by atoms with van der Waals surface area (Å²) in [5.74, 6) is -0.203. The van der Waals surface area contributed by atoms with Gasteiger partial charge in [0.05, 0.1) is 12.7 Å². The number of benzene rings is 2. The lowest BCUT2D eigenvalue weighted by atomic mass is 10.1. The molecule has 2 aromatic carbocycles. The molecule has 5 nitrogen and oxygen atoms in total. The Hall–Kier alpha value is -2.82. The molecule has 0 atom stereocenters. The van der Waals surface area contributed by atoms with Crippen LogP contribution >= 0.6 is 0 Å². The monoisotopic (exact) mass is 313 g/mol. The van der Waals surface area contributed by atoms with E-state index in [0.717, 1.165) is 16.9 Å². The minimum Gasteiger partial charge on any atom is -0.497 e. The Labute approximate surface area is 134 Å². The standard InChI is InChI=1S/C18H19NO4/c1-23-16-9-4-13(5-10-16)6-11-17(20)19-12-14-2-7-15(8-3-14)18(21)22/h2-5,7-10H,6,11-12H2,1H3,(H,19,20)(H,21,22). The number of carbonyl (C=O) groups is 2. The van der Waals surface area contributed by atoms with E-state index < -0.39 is 5.97 Å². The highest BCUT2D eigenvalue weighted by Gasteiger charge is 2.05. The Balaban J connectivity index is 1.77. The third kappa shape index (κ3) is 5.14. The molecule has 0 unspecified atom stereocenters. The number of methoxy groups -OCH3 is 1. The van der Waals surface area contributed by atoms with Gasteiger partial charge in [0, 0.05) is 13.0 Å². The van der Waals surface area contributed by atoms with Crippen molar-refractivity contribution in [3.63, 3.8) is 0 Å². The first-order valence-corrected chi connectivity index (χ1v) is 7.30. The number of nitrogens with one attached hydrogen (secondary N) is 1. The second kappa shape index (κ2) is 7.98. The number of rotatable bonds is 7. The van der Waals surface area contributed by atoms with Crippen LogP contribution in [0.2, 0.25) is 0 Å². The van der Waals surface area contributed by atoms with E-state index in [0.29, 0.717) is 19.4 Å². The van der Waals surface area contributed by atoms with Crippen LogP contribution in [0.1, 0.15) is 27.9 Å². The van der Waals surface area contributed by atoms with E-state index in [1.54, 1.807) is 19.2 Å². The van der Waals surface area contributed by atoms with Crippen molar-refractivity contribution < 1.29 is 19.4 Å². The van der Waals surface area contributed by atoms with Crippen molar-refractivity contribution >= 4 is 11.9 Å². The van der Waals surface area contributed by atoms with Gasteiger partial charge in [-0.15, -0.1) is 0 Å². The van der Waals surface area contributed by atoms with Gasteiger partial charge in [-0.25, -0.2) is 4.79 Å². The quantitative estimate of drug-likeness (QED) is 0.824. The number of amides is 1. The van der Waals surface area contributed by atoms with E-state index in [9.17, 15) is 9.59 Å². The zero-order chi connectivity index (χ0) is 16.7. The van der Waals surface area contributed by atoms with Crippen LogP contribution in [0.5, 0.6) is 5.75 Å². The van der Waals surface area contributed by atoms with Crippen LogP contribution in [0.15, 0.2) is 48.5 Å². The summed E-state index contributed by atoms with van der Waals surface area (Å²) in [7, 11) is 1.62. The first-order valence-electron chi connectivity index (χ1n) is 7.30. The molecule has 2 rings (SSSR count). The fourth-order valence-corrected chi connectivity index (χ4v) is 2.10. The van der Waals surface area contributed by atoms with Gasteiger partial charge in [0.15, 0.2) is 0 Å². The van der Waals surface area contributed by atoms with Gasteiger partial charge in [-0.2, -0.15) is 0 Å². The van der Waals surface area contributed by atoms with Crippen LogP contribution in [-0.4, -0.2) is 24.1 Å². The molecular formula is C18H19NO4. The van der Waals surface area contributed by atoms with Crippen molar-refractivity contribution in [2.75, 3.05) is 7.11 Å². The number of ether oxygens (including phenoxy) is 1. The van der Waals surface area contributed by atoms with Crippen LogP contribution in [0.25, 0.3) is 0 Å². The second-order valence-electron chi connectivity index (χ2n) is 5.13. The zero-order valence-corrected chi connectivity index (χ0v) is 12.9. The van der Waals surface area contributed by atoms with E-state index in [4.69, 9.17) is 9.84 Å². The van der Waals surface area contributed by atoms with Gasteiger partial charge >= 0.3 is 5.97 Å². The van der Waals surface area contributed by atoms with E-state index in [-0.39, 0.29) is 11.5 Å². The number of carboxylic acid groups (broad SMARTS) is 1. The van der Waals surface area contributed by atoms with Gasteiger partial charge in [-0.1, -0.05) is 24.3 Å². The van der Waals surface area contributed by atoms with Crippen LogP contribution in [0, 0.1) is 0 Å². The topological polar surface area (TPSA) is 75.6 Å². The third-order valence-electron chi connectivity index (χ3n) is 3.49. The number of hydrogen-bond acceptors (Lipinski definition) is 3. The first kappa shape index (κ1) is 16.5. The molecule has 0 saturated carbocycles. The Bertz CT molecular complexity index is 662. The third-order valence-corrected chi connectivity index (χ3v) is 3.49. The lowest BCUT2D eigenvalue weighted by molar-refractivity contribution is -0.121. The van der Waals surface area contributed by atoms with Gasteiger partial charge in [0.2, 0.25) is 5.91 Å². The lowest BCUT2D eigenvalue weighted by Gasteiger charge is -2.06. The summed E-state index contributed by atoms with van der Waals surface area (Å²) in [6, 6.07) is 14.1. The molecule has 0 fully saturated rings. The molecule has 0 aliphatic carbocycles. The first-order chi connectivity index (χ1) is 11.1. The highest BCUT2D eigenvalue weighted by atomic mass is 16.5. The molecule has 120 valence electrons. The molecule has 2 N–H and O–H groups in total. The Kier molecular flexibility index (Phi) is 5.74. The average molecular weight is 313 g/mol. The SMILES string of the molecule is COc1ccc(CCC(=O)NCc2ccc(C(=O)O)cc2)cc1. The van der Waals surface area contributed by atoms with Crippen LogP contribution < -0.4 is 10.1 Å². The number of carboxylic acids is 1. The highest BCUT2D eigenvalue weighted by molar-refractivity contribution is 5.87. The number of aromatic carboxylic acids is 1. The summed E-state index contributed by atoms with van der Waals surface area (Å²) in [6.45, 7) is 0.390. The predicted molar refractivity (Wildman–Crippen MR) is 86.6 cm³/mol.